The number of ether oxygens (including phenoxy) is 1. The van der Waals surface area contributed by atoms with E-state index in [1.165, 1.54) is 0 Å². The third-order valence-corrected chi connectivity index (χ3v) is 2.89. The largest absolute Gasteiger partial charge is 0.476 e. The molecule has 4 N–H and O–H groups in total. The maximum Gasteiger partial charge on any atom is 0.239 e. The summed E-state index contributed by atoms with van der Waals surface area (Å²) in [4.78, 5) is 4.32. The van der Waals surface area contributed by atoms with Crippen molar-refractivity contribution < 1.29 is 9.84 Å². The van der Waals surface area contributed by atoms with Crippen LogP contribution in [0.5, 0.6) is 5.88 Å². The number of aliphatic hydroxyl groups excluding tert-OH is 1. The Balaban J connectivity index is 2.84. The highest BCUT2D eigenvalue weighted by atomic mass is 16.5. The Labute approximate surface area is 108 Å². The van der Waals surface area contributed by atoms with Gasteiger partial charge in [-0.05, 0) is 31.9 Å². The van der Waals surface area contributed by atoms with Crippen LogP contribution in [0.2, 0.25) is 0 Å². The van der Waals surface area contributed by atoms with E-state index in [1.807, 2.05) is 20.8 Å². The smallest absolute Gasteiger partial charge is 0.239 e. The lowest BCUT2D eigenvalue weighted by Gasteiger charge is -2.28. The van der Waals surface area contributed by atoms with Crippen LogP contribution in [0.1, 0.15) is 33.6 Å². The Bertz CT molecular complexity index is 378. The SMILES string of the molecule is CCCOc1nc(NC(C)(CC)CO)ccc1N. The van der Waals surface area contributed by atoms with Crippen LogP contribution < -0.4 is 15.8 Å². The number of pyridine rings is 1. The summed E-state index contributed by atoms with van der Waals surface area (Å²) in [5.41, 5.74) is 5.93. The molecule has 0 fully saturated rings. The maximum absolute atomic E-state index is 9.37. The molecule has 5 nitrogen and oxygen atoms in total. The number of anilines is 2. The van der Waals surface area contributed by atoms with Gasteiger partial charge in [0.05, 0.1) is 24.4 Å². The average Bonchev–Trinajstić information content (AvgIpc) is 2.39. The van der Waals surface area contributed by atoms with E-state index in [-0.39, 0.29) is 12.1 Å². The lowest BCUT2D eigenvalue weighted by Crippen LogP contribution is -2.38. The second-order valence-corrected chi connectivity index (χ2v) is 4.64. The van der Waals surface area contributed by atoms with Gasteiger partial charge in [0.2, 0.25) is 5.88 Å². The van der Waals surface area contributed by atoms with E-state index in [0.717, 1.165) is 12.8 Å². The first-order valence-corrected chi connectivity index (χ1v) is 6.33. The molecule has 1 aromatic rings. The van der Waals surface area contributed by atoms with Crippen LogP contribution in [0.3, 0.4) is 0 Å². The van der Waals surface area contributed by atoms with Gasteiger partial charge < -0.3 is 20.9 Å². The summed E-state index contributed by atoms with van der Waals surface area (Å²) >= 11 is 0. The zero-order valence-corrected chi connectivity index (χ0v) is 11.4. The van der Waals surface area contributed by atoms with E-state index in [4.69, 9.17) is 10.5 Å². The molecule has 0 aliphatic heterocycles. The van der Waals surface area contributed by atoms with Gasteiger partial charge >= 0.3 is 0 Å². The van der Waals surface area contributed by atoms with Gasteiger partial charge in [-0.1, -0.05) is 13.8 Å². The Morgan fingerprint density at radius 3 is 2.72 bits per heavy atom. The fourth-order valence-corrected chi connectivity index (χ4v) is 1.38. The number of hydrogen-bond acceptors (Lipinski definition) is 5. The van der Waals surface area contributed by atoms with Gasteiger partial charge in [0.25, 0.3) is 0 Å². The molecule has 18 heavy (non-hydrogen) atoms. The van der Waals surface area contributed by atoms with E-state index in [9.17, 15) is 5.11 Å². The second-order valence-electron chi connectivity index (χ2n) is 4.64. The minimum absolute atomic E-state index is 0.0424. The highest BCUT2D eigenvalue weighted by molar-refractivity contribution is 5.54. The Morgan fingerprint density at radius 1 is 1.44 bits per heavy atom. The molecule has 0 aliphatic rings. The molecular weight excluding hydrogens is 230 g/mol. The lowest BCUT2D eigenvalue weighted by molar-refractivity contribution is 0.218. The molecule has 0 aromatic carbocycles. The molecular formula is C13H23N3O2. The zero-order valence-electron chi connectivity index (χ0n) is 11.4. The molecule has 5 heteroatoms. The summed E-state index contributed by atoms with van der Waals surface area (Å²) in [5.74, 6) is 1.10. The normalized spacial score (nSPS) is 14.0. The van der Waals surface area contributed by atoms with Crippen molar-refractivity contribution in [2.24, 2.45) is 0 Å². The molecule has 1 atom stereocenters. The molecule has 1 heterocycles. The number of nitrogens with one attached hydrogen (secondary N) is 1. The lowest BCUT2D eigenvalue weighted by atomic mass is 10.0. The fraction of sp³-hybridized carbons (Fsp3) is 0.615. The molecule has 0 bridgehead atoms. The minimum Gasteiger partial charge on any atom is -0.476 e. The number of aliphatic hydroxyl groups is 1. The van der Waals surface area contributed by atoms with Crippen LogP contribution >= 0.6 is 0 Å². The number of nitrogens with zero attached hydrogens (tertiary/aromatic N) is 1. The van der Waals surface area contributed by atoms with E-state index >= 15 is 0 Å². The molecule has 0 saturated carbocycles. The molecule has 1 aromatic heterocycles. The van der Waals surface area contributed by atoms with Crippen LogP contribution in [0.15, 0.2) is 12.1 Å². The molecule has 1 rings (SSSR count). The number of nitrogens with two attached hydrogens (primary N) is 1. The predicted molar refractivity (Wildman–Crippen MR) is 73.8 cm³/mol. The number of hydrogen-bond donors (Lipinski definition) is 3. The first-order valence-electron chi connectivity index (χ1n) is 6.33. The third-order valence-electron chi connectivity index (χ3n) is 2.89. The summed E-state index contributed by atoms with van der Waals surface area (Å²) in [7, 11) is 0. The van der Waals surface area contributed by atoms with Gasteiger partial charge in [-0.15, -0.1) is 0 Å². The van der Waals surface area contributed by atoms with Crippen molar-refractivity contribution >= 4 is 11.5 Å². The Hall–Kier alpha value is -1.49. The first-order chi connectivity index (χ1) is 8.54. The molecule has 0 radical (unpaired) electrons. The van der Waals surface area contributed by atoms with Gasteiger partial charge in [0.15, 0.2) is 0 Å². The third kappa shape index (κ3) is 3.77. The molecule has 0 spiro atoms. The van der Waals surface area contributed by atoms with E-state index in [2.05, 4.69) is 10.3 Å². The summed E-state index contributed by atoms with van der Waals surface area (Å²) in [5, 5.41) is 12.6. The molecule has 0 amide bonds. The van der Waals surface area contributed by atoms with Gasteiger partial charge in [-0.25, -0.2) is 0 Å². The molecule has 0 saturated heterocycles. The fourth-order valence-electron chi connectivity index (χ4n) is 1.38. The Morgan fingerprint density at radius 2 is 2.17 bits per heavy atom. The summed E-state index contributed by atoms with van der Waals surface area (Å²) in [6, 6.07) is 3.55. The van der Waals surface area contributed by atoms with Crippen LogP contribution in [0.4, 0.5) is 11.5 Å². The van der Waals surface area contributed by atoms with Crippen molar-refractivity contribution in [1.82, 2.24) is 4.98 Å². The monoisotopic (exact) mass is 253 g/mol. The molecule has 1 unspecified atom stereocenters. The van der Waals surface area contributed by atoms with Crippen molar-refractivity contribution in [1.29, 1.82) is 0 Å². The van der Waals surface area contributed by atoms with Gasteiger partial charge in [0, 0.05) is 0 Å². The second kappa shape index (κ2) is 6.44. The highest BCUT2D eigenvalue weighted by Crippen LogP contribution is 2.23. The average molecular weight is 253 g/mol. The number of rotatable bonds is 7. The first kappa shape index (κ1) is 14.6. The van der Waals surface area contributed by atoms with Crippen LogP contribution in [-0.2, 0) is 0 Å². The molecule has 102 valence electrons. The number of nitrogen functional groups attached to an aromatic ring is 1. The zero-order chi connectivity index (χ0) is 13.6. The van der Waals surface area contributed by atoms with Gasteiger partial charge in [-0.3, -0.25) is 0 Å². The van der Waals surface area contributed by atoms with Crippen LogP contribution in [0, 0.1) is 0 Å². The topological polar surface area (TPSA) is 80.4 Å². The highest BCUT2D eigenvalue weighted by Gasteiger charge is 2.21. The van der Waals surface area contributed by atoms with Gasteiger partial charge in [-0.2, -0.15) is 4.98 Å². The van der Waals surface area contributed by atoms with E-state index in [1.54, 1.807) is 12.1 Å². The Kier molecular flexibility index (Phi) is 5.22. The number of aromatic nitrogens is 1. The van der Waals surface area contributed by atoms with Crippen LogP contribution in [-0.4, -0.2) is 28.8 Å². The van der Waals surface area contributed by atoms with Crippen molar-refractivity contribution in [3.63, 3.8) is 0 Å². The van der Waals surface area contributed by atoms with Crippen LogP contribution in [0.25, 0.3) is 0 Å². The predicted octanol–water partition coefficient (Wildman–Crippen LogP) is 2.03. The summed E-state index contributed by atoms with van der Waals surface area (Å²) in [6.45, 7) is 6.61. The van der Waals surface area contributed by atoms with Crippen molar-refractivity contribution in [3.8, 4) is 5.88 Å². The van der Waals surface area contributed by atoms with Gasteiger partial charge in [0.1, 0.15) is 5.82 Å². The quantitative estimate of drug-likeness (QED) is 0.692. The summed E-state index contributed by atoms with van der Waals surface area (Å²) < 4.78 is 5.47. The maximum atomic E-state index is 9.37. The van der Waals surface area contributed by atoms with Crippen molar-refractivity contribution in [2.75, 3.05) is 24.3 Å². The van der Waals surface area contributed by atoms with Crippen molar-refractivity contribution in [2.45, 2.75) is 39.2 Å². The van der Waals surface area contributed by atoms with E-state index < -0.39 is 0 Å². The summed E-state index contributed by atoms with van der Waals surface area (Å²) in [6.07, 6.45) is 1.70. The molecule has 0 aliphatic carbocycles. The standard InChI is InChI=1S/C13H23N3O2/c1-4-8-18-12-10(14)6-7-11(15-12)16-13(3,5-2)9-17/h6-7,17H,4-5,8-9,14H2,1-3H3,(H,15,16). The van der Waals surface area contributed by atoms with Crippen molar-refractivity contribution in [3.05, 3.63) is 12.1 Å². The van der Waals surface area contributed by atoms with E-state index in [0.29, 0.717) is 24.0 Å². The minimum atomic E-state index is -0.384.